The highest BCUT2D eigenvalue weighted by Gasteiger charge is 2.07. The summed E-state index contributed by atoms with van der Waals surface area (Å²) in [4.78, 5) is 12.2. The molecule has 4 heteroatoms. The quantitative estimate of drug-likeness (QED) is 0.515. The monoisotopic (exact) mass is 212 g/mol. The largest absolute Gasteiger partial charge is 0.293 e. The van der Waals surface area contributed by atoms with Crippen LogP contribution in [0.25, 0.3) is 0 Å². The first-order chi connectivity index (χ1) is 6.84. The minimum absolute atomic E-state index is 0.191. The Labute approximate surface area is 88.7 Å². The summed E-state index contributed by atoms with van der Waals surface area (Å²) in [6, 6.07) is 0. The molecule has 0 radical (unpaired) electrons. The van der Waals surface area contributed by atoms with Crippen molar-refractivity contribution in [1.82, 2.24) is 9.59 Å². The van der Waals surface area contributed by atoms with Gasteiger partial charge in [0.05, 0.1) is 6.20 Å². The molecule has 14 heavy (non-hydrogen) atoms. The van der Waals surface area contributed by atoms with E-state index in [0.717, 1.165) is 12.8 Å². The number of unbranched alkanes of at least 4 members (excludes halogenated alkanes) is 4. The summed E-state index contributed by atoms with van der Waals surface area (Å²) < 4.78 is 3.67. The number of hydrogen-bond acceptors (Lipinski definition) is 4. The highest BCUT2D eigenvalue weighted by Crippen LogP contribution is 2.11. The third-order valence-corrected chi connectivity index (χ3v) is 2.85. The Hall–Kier alpha value is -0.770. The highest BCUT2D eigenvalue weighted by atomic mass is 32.1. The van der Waals surface area contributed by atoms with Crippen LogP contribution in [0.4, 0.5) is 0 Å². The smallest absolute Gasteiger partial charge is 0.176 e. The number of aromatic nitrogens is 2. The summed E-state index contributed by atoms with van der Waals surface area (Å²) in [6.07, 6.45) is 8.11. The van der Waals surface area contributed by atoms with Crippen molar-refractivity contribution >= 4 is 17.3 Å². The number of hydrogen-bond donors (Lipinski definition) is 0. The van der Waals surface area contributed by atoms with Crippen molar-refractivity contribution in [2.24, 2.45) is 0 Å². The molecule has 0 N–H and O–H groups in total. The SMILES string of the molecule is CCCCCCCC(=O)c1cnns1. The summed E-state index contributed by atoms with van der Waals surface area (Å²) in [5.41, 5.74) is 0. The lowest BCUT2D eigenvalue weighted by molar-refractivity contribution is 0.0983. The first-order valence-electron chi connectivity index (χ1n) is 5.15. The molecule has 0 aliphatic carbocycles. The Morgan fingerprint density at radius 2 is 2.14 bits per heavy atom. The lowest BCUT2D eigenvalue weighted by Gasteiger charge is -1.97. The number of carbonyl (C=O) groups excluding carboxylic acids is 1. The molecular weight excluding hydrogens is 196 g/mol. The molecule has 0 amide bonds. The number of nitrogens with zero attached hydrogens (tertiary/aromatic N) is 2. The van der Waals surface area contributed by atoms with Gasteiger partial charge in [-0.3, -0.25) is 4.79 Å². The van der Waals surface area contributed by atoms with E-state index < -0.39 is 0 Å². The fourth-order valence-corrected chi connectivity index (χ4v) is 1.78. The molecule has 0 atom stereocenters. The van der Waals surface area contributed by atoms with Crippen LogP contribution in [-0.2, 0) is 0 Å². The lowest BCUT2D eigenvalue weighted by atomic mass is 10.1. The van der Waals surface area contributed by atoms with Gasteiger partial charge in [0, 0.05) is 6.42 Å². The Balaban J connectivity index is 2.10. The van der Waals surface area contributed by atoms with E-state index in [0.29, 0.717) is 11.3 Å². The maximum atomic E-state index is 11.5. The molecule has 0 aliphatic heterocycles. The van der Waals surface area contributed by atoms with Gasteiger partial charge < -0.3 is 0 Å². The van der Waals surface area contributed by atoms with Crippen LogP contribution in [0.1, 0.15) is 55.1 Å². The van der Waals surface area contributed by atoms with Crippen LogP contribution < -0.4 is 0 Å². The van der Waals surface area contributed by atoms with Gasteiger partial charge in [0.1, 0.15) is 4.88 Å². The molecule has 0 saturated heterocycles. The first-order valence-corrected chi connectivity index (χ1v) is 5.92. The number of rotatable bonds is 7. The number of carbonyl (C=O) groups is 1. The van der Waals surface area contributed by atoms with Crippen molar-refractivity contribution < 1.29 is 4.79 Å². The molecule has 0 unspecified atom stereocenters. The lowest BCUT2D eigenvalue weighted by Crippen LogP contribution is -1.95. The van der Waals surface area contributed by atoms with Gasteiger partial charge in [-0.05, 0) is 18.0 Å². The first kappa shape index (κ1) is 11.3. The fourth-order valence-electron chi connectivity index (χ4n) is 1.30. The molecule has 0 saturated carbocycles. The van der Waals surface area contributed by atoms with Gasteiger partial charge in [0.2, 0.25) is 0 Å². The maximum absolute atomic E-state index is 11.5. The van der Waals surface area contributed by atoms with Gasteiger partial charge in [-0.1, -0.05) is 37.1 Å². The fraction of sp³-hybridized carbons (Fsp3) is 0.700. The molecule has 0 aliphatic rings. The van der Waals surface area contributed by atoms with Crippen molar-refractivity contribution in [1.29, 1.82) is 0 Å². The normalized spacial score (nSPS) is 10.4. The Morgan fingerprint density at radius 3 is 2.79 bits per heavy atom. The van der Waals surface area contributed by atoms with Gasteiger partial charge in [0.15, 0.2) is 5.78 Å². The van der Waals surface area contributed by atoms with E-state index in [2.05, 4.69) is 16.5 Å². The molecule has 0 bridgehead atoms. The predicted octanol–water partition coefficient (Wildman–Crippen LogP) is 3.08. The van der Waals surface area contributed by atoms with Crippen LogP contribution in [0.15, 0.2) is 6.20 Å². The Bertz CT molecular complexity index is 259. The average Bonchev–Trinajstić information content (AvgIpc) is 2.70. The van der Waals surface area contributed by atoms with E-state index in [4.69, 9.17) is 0 Å². The van der Waals surface area contributed by atoms with Crippen LogP contribution in [-0.4, -0.2) is 15.4 Å². The second kappa shape index (κ2) is 6.65. The standard InChI is InChI=1S/C10H16N2OS/c1-2-3-4-5-6-7-9(13)10-8-11-12-14-10/h8H,2-7H2,1H3. The van der Waals surface area contributed by atoms with E-state index in [-0.39, 0.29) is 5.78 Å². The molecule has 0 spiro atoms. The average molecular weight is 212 g/mol. The minimum Gasteiger partial charge on any atom is -0.293 e. The third kappa shape index (κ3) is 3.96. The zero-order valence-corrected chi connectivity index (χ0v) is 9.35. The zero-order chi connectivity index (χ0) is 10.2. The second-order valence-corrected chi connectivity index (χ2v) is 4.15. The molecule has 0 aromatic carbocycles. The summed E-state index contributed by atoms with van der Waals surface area (Å²) in [7, 11) is 0. The third-order valence-electron chi connectivity index (χ3n) is 2.14. The minimum atomic E-state index is 0.191. The summed E-state index contributed by atoms with van der Waals surface area (Å²) >= 11 is 1.19. The van der Waals surface area contributed by atoms with Crippen LogP contribution in [0.5, 0.6) is 0 Å². The van der Waals surface area contributed by atoms with E-state index in [9.17, 15) is 4.79 Å². The van der Waals surface area contributed by atoms with E-state index in [1.54, 1.807) is 6.20 Å². The zero-order valence-electron chi connectivity index (χ0n) is 8.53. The molecule has 3 nitrogen and oxygen atoms in total. The van der Waals surface area contributed by atoms with Crippen molar-refractivity contribution in [3.63, 3.8) is 0 Å². The molecule has 78 valence electrons. The van der Waals surface area contributed by atoms with Crippen molar-refractivity contribution in [2.75, 3.05) is 0 Å². The van der Waals surface area contributed by atoms with Crippen molar-refractivity contribution in [3.05, 3.63) is 11.1 Å². The molecule has 1 aromatic rings. The van der Waals surface area contributed by atoms with E-state index in [1.807, 2.05) is 0 Å². The van der Waals surface area contributed by atoms with Crippen molar-refractivity contribution in [2.45, 2.75) is 45.4 Å². The topological polar surface area (TPSA) is 42.9 Å². The maximum Gasteiger partial charge on any atom is 0.176 e. The molecule has 1 rings (SSSR count). The van der Waals surface area contributed by atoms with E-state index in [1.165, 1.54) is 30.8 Å². The molecule has 1 heterocycles. The van der Waals surface area contributed by atoms with Gasteiger partial charge in [-0.25, -0.2) is 0 Å². The van der Waals surface area contributed by atoms with Crippen molar-refractivity contribution in [3.8, 4) is 0 Å². The van der Waals surface area contributed by atoms with Crippen LogP contribution in [0.2, 0.25) is 0 Å². The molecule has 0 fully saturated rings. The van der Waals surface area contributed by atoms with Crippen LogP contribution >= 0.6 is 11.5 Å². The predicted molar refractivity (Wildman–Crippen MR) is 57.6 cm³/mol. The molecular formula is C10H16N2OS. The van der Waals surface area contributed by atoms with Crippen LogP contribution in [0, 0.1) is 0 Å². The summed E-state index contributed by atoms with van der Waals surface area (Å²) in [6.45, 7) is 2.19. The van der Waals surface area contributed by atoms with Gasteiger partial charge in [-0.2, -0.15) is 0 Å². The summed E-state index contributed by atoms with van der Waals surface area (Å²) in [5, 5.41) is 3.65. The summed E-state index contributed by atoms with van der Waals surface area (Å²) in [5.74, 6) is 0.191. The van der Waals surface area contributed by atoms with Gasteiger partial charge >= 0.3 is 0 Å². The Morgan fingerprint density at radius 1 is 1.36 bits per heavy atom. The van der Waals surface area contributed by atoms with Gasteiger partial charge in [0.25, 0.3) is 0 Å². The molecule has 1 aromatic heterocycles. The highest BCUT2D eigenvalue weighted by molar-refractivity contribution is 7.07. The Kier molecular flexibility index (Phi) is 5.37. The number of Topliss-reactive ketones (excluding diaryl/α,β-unsaturated/α-hetero) is 1. The van der Waals surface area contributed by atoms with E-state index >= 15 is 0 Å². The van der Waals surface area contributed by atoms with Crippen LogP contribution in [0.3, 0.4) is 0 Å². The van der Waals surface area contributed by atoms with Gasteiger partial charge in [-0.15, -0.1) is 5.10 Å². The number of ketones is 1. The second-order valence-electron chi connectivity index (χ2n) is 3.37.